The van der Waals surface area contributed by atoms with Crippen LogP contribution in [0.3, 0.4) is 0 Å². The molecule has 5 heteroatoms. The summed E-state index contributed by atoms with van der Waals surface area (Å²) in [5, 5.41) is 3.01. The summed E-state index contributed by atoms with van der Waals surface area (Å²) in [6.45, 7) is 0.576. The Labute approximate surface area is 114 Å². The third kappa shape index (κ3) is 2.26. The van der Waals surface area contributed by atoms with Gasteiger partial charge in [0.1, 0.15) is 0 Å². The van der Waals surface area contributed by atoms with Gasteiger partial charge in [0.2, 0.25) is 5.91 Å². The quantitative estimate of drug-likeness (QED) is 0.743. The summed E-state index contributed by atoms with van der Waals surface area (Å²) in [5.41, 5.74) is 5.04. The molecule has 2 rings (SSSR count). The van der Waals surface area contributed by atoms with Crippen molar-refractivity contribution in [3.05, 3.63) is 0 Å². The summed E-state index contributed by atoms with van der Waals surface area (Å²) < 4.78 is 5.50. The van der Waals surface area contributed by atoms with Gasteiger partial charge in [-0.3, -0.25) is 4.79 Å². The number of ether oxygens (including phenoxy) is 1. The minimum absolute atomic E-state index is 0.00387. The van der Waals surface area contributed by atoms with E-state index in [1.165, 1.54) is 6.42 Å². The fraction of sp³-hybridized carbons (Fsp3) is 0.846. The van der Waals surface area contributed by atoms with Crippen LogP contribution in [0.15, 0.2) is 0 Å². The van der Waals surface area contributed by atoms with Crippen molar-refractivity contribution in [2.24, 2.45) is 11.1 Å². The highest BCUT2D eigenvalue weighted by Gasteiger charge is 2.45. The summed E-state index contributed by atoms with van der Waals surface area (Å²) in [5.74, 6) is -0.00387. The Morgan fingerprint density at radius 2 is 1.89 bits per heavy atom. The lowest BCUT2D eigenvalue weighted by Crippen LogP contribution is -2.54. The highest BCUT2D eigenvalue weighted by Crippen LogP contribution is 2.39. The van der Waals surface area contributed by atoms with E-state index in [2.05, 4.69) is 5.32 Å². The molecule has 2 aliphatic rings. The first kappa shape index (κ1) is 13.7. The minimum Gasteiger partial charge on any atom is -0.392 e. The third-order valence-electron chi connectivity index (χ3n) is 4.63. The van der Waals surface area contributed by atoms with Crippen molar-refractivity contribution in [2.45, 2.75) is 50.5 Å². The molecule has 0 atom stereocenters. The van der Waals surface area contributed by atoms with Crippen molar-refractivity contribution in [3.63, 3.8) is 0 Å². The zero-order chi connectivity index (χ0) is 13.2. The summed E-state index contributed by atoms with van der Waals surface area (Å²) in [6, 6.07) is 0. The Kier molecular flexibility index (Phi) is 3.92. The van der Waals surface area contributed by atoms with Crippen molar-refractivity contribution in [1.82, 2.24) is 5.32 Å². The fourth-order valence-corrected chi connectivity index (χ4v) is 3.30. The van der Waals surface area contributed by atoms with Gasteiger partial charge < -0.3 is 15.8 Å². The number of nitrogens with one attached hydrogen (secondary N) is 1. The monoisotopic (exact) mass is 270 g/mol. The third-order valence-corrected chi connectivity index (χ3v) is 5.02. The first-order valence-corrected chi connectivity index (χ1v) is 7.09. The molecule has 2 aliphatic carbocycles. The molecule has 0 bridgehead atoms. The largest absolute Gasteiger partial charge is 0.392 e. The second-order valence-electron chi connectivity index (χ2n) is 5.58. The van der Waals surface area contributed by atoms with E-state index in [0.29, 0.717) is 11.5 Å². The van der Waals surface area contributed by atoms with Gasteiger partial charge in [-0.05, 0) is 32.1 Å². The van der Waals surface area contributed by atoms with Gasteiger partial charge in [-0.2, -0.15) is 0 Å². The molecule has 1 amide bonds. The van der Waals surface area contributed by atoms with Gasteiger partial charge in [0.05, 0.1) is 16.0 Å². The van der Waals surface area contributed by atoms with Gasteiger partial charge in [0, 0.05) is 13.7 Å². The SMILES string of the molecule is COC1(CNC(=O)C2(C(N)=S)CCCC2)CCC1. The van der Waals surface area contributed by atoms with Crippen LogP contribution in [0.4, 0.5) is 0 Å². The first-order chi connectivity index (χ1) is 8.55. The van der Waals surface area contributed by atoms with E-state index in [4.69, 9.17) is 22.7 Å². The predicted octanol–water partition coefficient (Wildman–Crippen LogP) is 1.52. The standard InChI is InChI=1S/C13H22N2O2S/c1-17-12(5-4-6-12)9-15-11(16)13(10(14)18)7-2-3-8-13/h2-9H2,1H3,(H2,14,18)(H,15,16). The summed E-state index contributed by atoms with van der Waals surface area (Å²) in [4.78, 5) is 12.7. The zero-order valence-corrected chi connectivity index (χ0v) is 11.8. The van der Waals surface area contributed by atoms with Crippen LogP contribution in [0, 0.1) is 5.41 Å². The molecule has 0 radical (unpaired) electrons. The normalized spacial score (nSPS) is 24.3. The molecule has 0 heterocycles. The van der Waals surface area contributed by atoms with Gasteiger partial charge in [0.25, 0.3) is 0 Å². The van der Waals surface area contributed by atoms with Gasteiger partial charge in [-0.1, -0.05) is 25.1 Å². The van der Waals surface area contributed by atoms with E-state index in [9.17, 15) is 4.79 Å². The molecule has 0 spiro atoms. The van der Waals surface area contributed by atoms with Crippen LogP contribution in [0.1, 0.15) is 44.9 Å². The average Bonchev–Trinajstić information content (AvgIpc) is 2.78. The maximum Gasteiger partial charge on any atom is 0.233 e. The Morgan fingerprint density at radius 3 is 2.28 bits per heavy atom. The number of thiocarbonyl (C=S) groups is 1. The van der Waals surface area contributed by atoms with E-state index in [-0.39, 0.29) is 11.5 Å². The number of hydrogen-bond acceptors (Lipinski definition) is 3. The second kappa shape index (κ2) is 5.13. The minimum atomic E-state index is -0.603. The average molecular weight is 270 g/mol. The molecule has 2 fully saturated rings. The van der Waals surface area contributed by atoms with Crippen LogP contribution >= 0.6 is 12.2 Å². The van der Waals surface area contributed by atoms with Gasteiger partial charge in [-0.15, -0.1) is 0 Å². The molecule has 3 N–H and O–H groups in total. The smallest absolute Gasteiger partial charge is 0.233 e. The summed E-state index contributed by atoms with van der Waals surface area (Å²) >= 11 is 5.11. The van der Waals surface area contributed by atoms with Crippen LogP contribution < -0.4 is 11.1 Å². The molecule has 0 unspecified atom stereocenters. The maximum atomic E-state index is 12.4. The molecule has 102 valence electrons. The molecular formula is C13H22N2O2S. The van der Waals surface area contributed by atoms with Crippen molar-refractivity contribution >= 4 is 23.1 Å². The van der Waals surface area contributed by atoms with Gasteiger partial charge >= 0.3 is 0 Å². The fourth-order valence-electron chi connectivity index (χ4n) is 3.00. The lowest BCUT2D eigenvalue weighted by Gasteiger charge is -2.41. The number of hydrogen-bond donors (Lipinski definition) is 2. The highest BCUT2D eigenvalue weighted by molar-refractivity contribution is 7.80. The van der Waals surface area contributed by atoms with E-state index < -0.39 is 5.41 Å². The number of rotatable bonds is 5. The van der Waals surface area contributed by atoms with Crippen LogP contribution in [0.25, 0.3) is 0 Å². The summed E-state index contributed by atoms with van der Waals surface area (Å²) in [7, 11) is 1.71. The Hall–Kier alpha value is -0.680. The number of nitrogens with two attached hydrogens (primary N) is 1. The second-order valence-corrected chi connectivity index (χ2v) is 6.02. The molecule has 2 saturated carbocycles. The highest BCUT2D eigenvalue weighted by atomic mass is 32.1. The molecular weight excluding hydrogens is 248 g/mol. The molecule has 0 aromatic rings. The van der Waals surface area contributed by atoms with Crippen molar-refractivity contribution < 1.29 is 9.53 Å². The van der Waals surface area contributed by atoms with Gasteiger partial charge in [0.15, 0.2) is 0 Å². The Balaban J connectivity index is 1.96. The van der Waals surface area contributed by atoms with E-state index in [0.717, 1.165) is 38.5 Å². The zero-order valence-electron chi connectivity index (χ0n) is 11.0. The molecule has 4 nitrogen and oxygen atoms in total. The van der Waals surface area contributed by atoms with Crippen LogP contribution in [-0.4, -0.2) is 30.2 Å². The number of carbonyl (C=O) groups excluding carboxylic acids is 1. The lowest BCUT2D eigenvalue weighted by atomic mass is 9.79. The molecule has 0 aromatic carbocycles. The molecule has 0 aliphatic heterocycles. The number of carbonyl (C=O) groups is 1. The van der Waals surface area contributed by atoms with Crippen LogP contribution in [0.2, 0.25) is 0 Å². The number of methoxy groups -OCH3 is 1. The van der Waals surface area contributed by atoms with Crippen LogP contribution in [0.5, 0.6) is 0 Å². The van der Waals surface area contributed by atoms with Crippen molar-refractivity contribution in [1.29, 1.82) is 0 Å². The molecule has 18 heavy (non-hydrogen) atoms. The van der Waals surface area contributed by atoms with Gasteiger partial charge in [-0.25, -0.2) is 0 Å². The van der Waals surface area contributed by atoms with E-state index in [1.807, 2.05) is 0 Å². The lowest BCUT2D eigenvalue weighted by molar-refractivity contribution is -0.130. The van der Waals surface area contributed by atoms with Crippen molar-refractivity contribution in [3.8, 4) is 0 Å². The van der Waals surface area contributed by atoms with E-state index >= 15 is 0 Å². The molecule has 0 saturated heterocycles. The predicted molar refractivity (Wildman–Crippen MR) is 74.3 cm³/mol. The Morgan fingerprint density at radius 1 is 1.28 bits per heavy atom. The topological polar surface area (TPSA) is 64.3 Å². The summed E-state index contributed by atoms with van der Waals surface area (Å²) in [6.07, 6.45) is 6.83. The number of amides is 1. The Bertz CT molecular complexity index is 341. The van der Waals surface area contributed by atoms with E-state index in [1.54, 1.807) is 7.11 Å². The molecule has 0 aromatic heterocycles. The first-order valence-electron chi connectivity index (χ1n) is 6.68. The van der Waals surface area contributed by atoms with Crippen LogP contribution in [-0.2, 0) is 9.53 Å². The maximum absolute atomic E-state index is 12.4. The van der Waals surface area contributed by atoms with Crippen molar-refractivity contribution in [2.75, 3.05) is 13.7 Å².